The average molecular weight is 323 g/mol. The fraction of sp³-hybridized carbons (Fsp3) is 0.214. The molecule has 1 fully saturated rings. The topological polar surface area (TPSA) is 77.8 Å². The largest absolute Gasteiger partial charge is 0.507 e. The average Bonchev–Trinajstić information content (AvgIpc) is 2.66. The summed E-state index contributed by atoms with van der Waals surface area (Å²) in [6, 6.07) is 5.09. The molecule has 2 N–H and O–H groups in total. The summed E-state index contributed by atoms with van der Waals surface area (Å²) in [6.45, 7) is 1.94. The molecule has 1 amide bonds. The van der Waals surface area contributed by atoms with E-state index >= 15 is 0 Å². The van der Waals surface area contributed by atoms with E-state index in [-0.39, 0.29) is 24.6 Å². The lowest BCUT2D eigenvalue weighted by Gasteiger charge is -2.12. The number of carboxylic acids is 1. The summed E-state index contributed by atoms with van der Waals surface area (Å²) < 4.78 is 0.333. The van der Waals surface area contributed by atoms with Crippen molar-refractivity contribution in [2.45, 2.75) is 13.3 Å². The maximum Gasteiger partial charge on any atom is 0.305 e. The zero-order valence-corrected chi connectivity index (χ0v) is 12.8. The summed E-state index contributed by atoms with van der Waals surface area (Å²) in [5, 5.41) is 18.5. The minimum absolute atomic E-state index is 0.0527. The predicted octanol–water partition coefficient (Wildman–Crippen LogP) is 2.38. The highest BCUT2D eigenvalue weighted by molar-refractivity contribution is 8.26. The highest BCUT2D eigenvalue weighted by atomic mass is 32.2. The summed E-state index contributed by atoms with van der Waals surface area (Å²) in [7, 11) is 0. The lowest BCUT2D eigenvalue weighted by molar-refractivity contribution is -0.137. The van der Waals surface area contributed by atoms with Crippen LogP contribution in [-0.4, -0.2) is 37.9 Å². The first-order valence-electron chi connectivity index (χ1n) is 6.15. The van der Waals surface area contributed by atoms with Gasteiger partial charge in [-0.25, -0.2) is 0 Å². The first-order valence-corrected chi connectivity index (χ1v) is 7.37. The van der Waals surface area contributed by atoms with E-state index in [1.54, 1.807) is 24.3 Å². The van der Waals surface area contributed by atoms with Gasteiger partial charge < -0.3 is 10.2 Å². The molecule has 0 aromatic heterocycles. The molecule has 7 heteroatoms. The number of carbonyl (C=O) groups excluding carboxylic acids is 1. The maximum atomic E-state index is 12.2. The van der Waals surface area contributed by atoms with Crippen LogP contribution in [0.1, 0.15) is 17.5 Å². The zero-order chi connectivity index (χ0) is 15.6. The van der Waals surface area contributed by atoms with Crippen LogP contribution >= 0.6 is 24.0 Å². The minimum Gasteiger partial charge on any atom is -0.507 e. The molecule has 110 valence electrons. The molecule has 1 aromatic rings. The van der Waals surface area contributed by atoms with Gasteiger partial charge in [-0.15, -0.1) is 0 Å². The van der Waals surface area contributed by atoms with Crippen LogP contribution in [0.25, 0.3) is 6.08 Å². The van der Waals surface area contributed by atoms with E-state index in [0.717, 1.165) is 17.3 Å². The lowest BCUT2D eigenvalue weighted by Crippen LogP contribution is -2.30. The van der Waals surface area contributed by atoms with Gasteiger partial charge in [0.15, 0.2) is 0 Å². The number of aromatic hydroxyl groups is 1. The van der Waals surface area contributed by atoms with Crippen molar-refractivity contribution in [2.24, 2.45) is 0 Å². The third kappa shape index (κ3) is 3.62. The SMILES string of the molecule is Cc1ccc(O)c(/C=C2\SC(=S)N(CCC(=O)O)C2=O)c1. The van der Waals surface area contributed by atoms with Crippen molar-refractivity contribution in [1.82, 2.24) is 4.90 Å². The van der Waals surface area contributed by atoms with Crippen LogP contribution in [0.4, 0.5) is 0 Å². The first-order chi connectivity index (χ1) is 9.88. The number of carboxylic acid groups (broad SMARTS) is 1. The van der Waals surface area contributed by atoms with Crippen molar-refractivity contribution in [3.63, 3.8) is 0 Å². The number of hydrogen-bond acceptors (Lipinski definition) is 5. The molecular formula is C14H13NO4S2. The monoisotopic (exact) mass is 323 g/mol. The minimum atomic E-state index is -0.982. The van der Waals surface area contributed by atoms with Gasteiger partial charge in [-0.2, -0.15) is 0 Å². The molecule has 1 aromatic carbocycles. The Hall–Kier alpha value is -1.86. The van der Waals surface area contributed by atoms with Crippen LogP contribution in [-0.2, 0) is 9.59 Å². The van der Waals surface area contributed by atoms with Crippen molar-refractivity contribution in [1.29, 1.82) is 0 Å². The Morgan fingerprint density at radius 3 is 2.86 bits per heavy atom. The molecule has 0 aliphatic carbocycles. The second kappa shape index (κ2) is 6.28. The Kier molecular flexibility index (Phi) is 4.64. The summed E-state index contributed by atoms with van der Waals surface area (Å²) >= 11 is 6.20. The molecule has 0 radical (unpaired) electrons. The van der Waals surface area contributed by atoms with Gasteiger partial charge in [0, 0.05) is 12.1 Å². The van der Waals surface area contributed by atoms with Crippen LogP contribution in [0.3, 0.4) is 0 Å². The molecule has 0 unspecified atom stereocenters. The number of thiocarbonyl (C=S) groups is 1. The van der Waals surface area contributed by atoms with Gasteiger partial charge in [-0.3, -0.25) is 14.5 Å². The number of nitrogens with zero attached hydrogens (tertiary/aromatic N) is 1. The maximum absolute atomic E-state index is 12.2. The number of thioether (sulfide) groups is 1. The smallest absolute Gasteiger partial charge is 0.305 e. The predicted molar refractivity (Wildman–Crippen MR) is 85.0 cm³/mol. The van der Waals surface area contributed by atoms with E-state index in [1.165, 1.54) is 4.90 Å². The highest BCUT2D eigenvalue weighted by Gasteiger charge is 2.32. The van der Waals surface area contributed by atoms with E-state index in [2.05, 4.69) is 0 Å². The van der Waals surface area contributed by atoms with Gasteiger partial charge in [0.25, 0.3) is 5.91 Å². The molecule has 0 atom stereocenters. The molecule has 1 aliphatic rings. The van der Waals surface area contributed by atoms with Crippen molar-refractivity contribution in [3.8, 4) is 5.75 Å². The Balaban J connectivity index is 2.23. The van der Waals surface area contributed by atoms with Crippen molar-refractivity contribution >= 4 is 46.3 Å². The van der Waals surface area contributed by atoms with Crippen LogP contribution < -0.4 is 0 Å². The van der Waals surface area contributed by atoms with Gasteiger partial charge >= 0.3 is 5.97 Å². The number of rotatable bonds is 4. The van der Waals surface area contributed by atoms with Gasteiger partial charge in [-0.05, 0) is 25.1 Å². The highest BCUT2D eigenvalue weighted by Crippen LogP contribution is 2.34. The number of aryl methyl sites for hydroxylation is 1. The van der Waals surface area contributed by atoms with Crippen LogP contribution in [0, 0.1) is 6.92 Å². The Labute approximate surface area is 131 Å². The molecule has 1 heterocycles. The summed E-state index contributed by atoms with van der Waals surface area (Å²) in [4.78, 5) is 24.4. The van der Waals surface area contributed by atoms with Gasteiger partial charge in [0.2, 0.25) is 0 Å². The van der Waals surface area contributed by atoms with Crippen molar-refractivity contribution < 1.29 is 19.8 Å². The van der Waals surface area contributed by atoms with Crippen LogP contribution in [0.5, 0.6) is 5.75 Å². The van der Waals surface area contributed by atoms with E-state index in [4.69, 9.17) is 17.3 Å². The molecule has 1 saturated heterocycles. The normalized spacial score (nSPS) is 16.8. The van der Waals surface area contributed by atoms with Crippen LogP contribution in [0.2, 0.25) is 0 Å². The number of carbonyl (C=O) groups is 2. The Bertz CT molecular complexity index is 654. The summed E-state index contributed by atoms with van der Waals surface area (Å²) in [5.74, 6) is -1.23. The third-order valence-corrected chi connectivity index (χ3v) is 4.27. The first kappa shape index (κ1) is 15.5. The number of phenols is 1. The van der Waals surface area contributed by atoms with E-state index in [0.29, 0.717) is 14.8 Å². The fourth-order valence-corrected chi connectivity index (χ4v) is 3.13. The standard InChI is InChI=1S/C14H13NO4S2/c1-8-2-3-10(16)9(6-8)7-11-13(19)15(14(20)21-11)5-4-12(17)18/h2-3,6-7,16H,4-5H2,1H3,(H,17,18)/b11-7-. The van der Waals surface area contributed by atoms with E-state index < -0.39 is 5.97 Å². The second-order valence-electron chi connectivity index (χ2n) is 4.54. The molecule has 0 spiro atoms. The number of benzene rings is 1. The lowest BCUT2D eigenvalue weighted by atomic mass is 10.1. The molecule has 1 aliphatic heterocycles. The van der Waals surface area contributed by atoms with Gasteiger partial charge in [-0.1, -0.05) is 35.6 Å². The third-order valence-electron chi connectivity index (χ3n) is 2.89. The Morgan fingerprint density at radius 1 is 1.48 bits per heavy atom. The van der Waals surface area contributed by atoms with E-state index in [1.807, 2.05) is 6.92 Å². The van der Waals surface area contributed by atoms with Crippen LogP contribution in [0.15, 0.2) is 23.1 Å². The molecule has 5 nitrogen and oxygen atoms in total. The molecular weight excluding hydrogens is 310 g/mol. The Morgan fingerprint density at radius 2 is 2.19 bits per heavy atom. The molecule has 0 bridgehead atoms. The second-order valence-corrected chi connectivity index (χ2v) is 6.22. The number of aliphatic carboxylic acids is 1. The molecule has 2 rings (SSSR count). The number of amides is 1. The molecule has 21 heavy (non-hydrogen) atoms. The summed E-state index contributed by atoms with van der Waals surface area (Å²) in [5.41, 5.74) is 1.49. The van der Waals surface area contributed by atoms with Gasteiger partial charge in [0.1, 0.15) is 10.1 Å². The number of hydrogen-bond donors (Lipinski definition) is 2. The quantitative estimate of drug-likeness (QED) is 0.654. The van der Waals surface area contributed by atoms with Crippen molar-refractivity contribution in [2.75, 3.05) is 6.54 Å². The van der Waals surface area contributed by atoms with Crippen molar-refractivity contribution in [3.05, 3.63) is 34.2 Å². The number of phenolic OH excluding ortho intramolecular Hbond substituents is 1. The molecule has 0 saturated carbocycles. The summed E-state index contributed by atoms with van der Waals surface area (Å²) in [6.07, 6.45) is 1.41. The van der Waals surface area contributed by atoms with E-state index in [9.17, 15) is 14.7 Å². The zero-order valence-electron chi connectivity index (χ0n) is 11.2. The fourth-order valence-electron chi connectivity index (χ4n) is 1.83. The van der Waals surface area contributed by atoms with Gasteiger partial charge in [0.05, 0.1) is 11.3 Å².